The minimum atomic E-state index is -0.473. The van der Waals surface area contributed by atoms with E-state index in [1.165, 1.54) is 43.4 Å². The lowest BCUT2D eigenvalue weighted by Crippen LogP contribution is -2.40. The SMILES string of the molecule is Cc1cc(C)n(CCN(C)Cc2cccc(OCC(O)CN(C)C3CCCCC3)c2)n1. The third-order valence-corrected chi connectivity index (χ3v) is 6.29. The first-order valence-electron chi connectivity index (χ1n) is 11.7. The summed E-state index contributed by atoms with van der Waals surface area (Å²) in [4.78, 5) is 4.60. The number of aliphatic hydroxyl groups is 1. The summed E-state index contributed by atoms with van der Waals surface area (Å²) >= 11 is 0. The second kappa shape index (κ2) is 11.7. The van der Waals surface area contributed by atoms with Gasteiger partial charge in [0.2, 0.25) is 0 Å². The highest BCUT2D eigenvalue weighted by atomic mass is 16.5. The predicted octanol–water partition coefficient (Wildman–Crippen LogP) is 3.64. The maximum absolute atomic E-state index is 10.4. The molecule has 1 heterocycles. The van der Waals surface area contributed by atoms with Gasteiger partial charge in [-0.25, -0.2) is 0 Å². The van der Waals surface area contributed by atoms with E-state index in [2.05, 4.69) is 58.8 Å². The van der Waals surface area contributed by atoms with Crippen LogP contribution in [-0.4, -0.2) is 70.6 Å². The highest BCUT2D eigenvalue weighted by molar-refractivity contribution is 5.28. The van der Waals surface area contributed by atoms with Crippen molar-refractivity contribution in [3.05, 3.63) is 47.3 Å². The lowest BCUT2D eigenvalue weighted by atomic mass is 9.94. The van der Waals surface area contributed by atoms with Crippen molar-refractivity contribution in [2.75, 3.05) is 33.8 Å². The van der Waals surface area contributed by atoms with E-state index in [0.29, 0.717) is 19.2 Å². The van der Waals surface area contributed by atoms with Gasteiger partial charge in [-0.2, -0.15) is 5.10 Å². The molecule has 1 aliphatic carbocycles. The maximum Gasteiger partial charge on any atom is 0.119 e. The molecule has 1 N–H and O–H groups in total. The van der Waals surface area contributed by atoms with Crippen LogP contribution in [0.2, 0.25) is 0 Å². The largest absolute Gasteiger partial charge is 0.491 e. The first-order valence-corrected chi connectivity index (χ1v) is 11.7. The van der Waals surface area contributed by atoms with Gasteiger partial charge < -0.3 is 19.6 Å². The zero-order chi connectivity index (χ0) is 22.2. The van der Waals surface area contributed by atoms with E-state index in [-0.39, 0.29) is 0 Å². The molecule has 0 aliphatic heterocycles. The molecule has 172 valence electrons. The van der Waals surface area contributed by atoms with Gasteiger partial charge >= 0.3 is 0 Å². The Labute approximate surface area is 187 Å². The Hall–Kier alpha value is -1.89. The molecule has 1 atom stereocenters. The van der Waals surface area contributed by atoms with Crippen LogP contribution in [0, 0.1) is 13.8 Å². The van der Waals surface area contributed by atoms with Crippen molar-refractivity contribution in [3.8, 4) is 5.75 Å². The third kappa shape index (κ3) is 7.63. The number of rotatable bonds is 11. The normalized spacial score (nSPS) is 16.2. The summed E-state index contributed by atoms with van der Waals surface area (Å²) in [5.41, 5.74) is 3.48. The molecule has 3 rings (SSSR count). The molecule has 1 aromatic heterocycles. The molecule has 0 saturated heterocycles. The fourth-order valence-electron chi connectivity index (χ4n) is 4.54. The molecule has 0 amide bonds. The standard InChI is InChI=1S/C25H40N4O2/c1-20-15-21(2)29(26-20)14-13-27(3)17-22-9-8-12-25(16-22)31-19-24(30)18-28(4)23-10-6-5-7-11-23/h8-9,12,15-16,23-24,30H,5-7,10-11,13-14,17-19H2,1-4H3. The van der Waals surface area contributed by atoms with Crippen molar-refractivity contribution in [1.29, 1.82) is 0 Å². The number of nitrogens with zero attached hydrogens (tertiary/aromatic N) is 4. The number of hydrogen-bond acceptors (Lipinski definition) is 5. The third-order valence-electron chi connectivity index (χ3n) is 6.29. The molecule has 1 saturated carbocycles. The number of aromatic nitrogens is 2. The van der Waals surface area contributed by atoms with Crippen LogP contribution in [0.3, 0.4) is 0 Å². The Morgan fingerprint density at radius 3 is 2.65 bits per heavy atom. The van der Waals surface area contributed by atoms with E-state index < -0.39 is 6.10 Å². The Morgan fingerprint density at radius 1 is 1.16 bits per heavy atom. The van der Waals surface area contributed by atoms with E-state index in [4.69, 9.17) is 4.74 Å². The Kier molecular flexibility index (Phi) is 8.93. The molecule has 0 spiro atoms. The highest BCUT2D eigenvalue weighted by Gasteiger charge is 2.20. The molecule has 1 unspecified atom stereocenters. The van der Waals surface area contributed by atoms with Crippen LogP contribution < -0.4 is 4.74 Å². The maximum atomic E-state index is 10.4. The quantitative estimate of drug-likeness (QED) is 0.592. The minimum absolute atomic E-state index is 0.328. The van der Waals surface area contributed by atoms with Gasteiger partial charge in [-0.1, -0.05) is 31.4 Å². The highest BCUT2D eigenvalue weighted by Crippen LogP contribution is 2.22. The van der Waals surface area contributed by atoms with E-state index >= 15 is 0 Å². The predicted molar refractivity (Wildman–Crippen MR) is 125 cm³/mol. The van der Waals surface area contributed by atoms with Crippen LogP contribution >= 0.6 is 0 Å². The van der Waals surface area contributed by atoms with Gasteiger partial charge in [0.05, 0.1) is 12.2 Å². The average molecular weight is 429 g/mol. The summed E-state index contributed by atoms with van der Waals surface area (Å²) in [5.74, 6) is 0.823. The number of ether oxygens (including phenoxy) is 1. The van der Waals surface area contributed by atoms with Crippen molar-refractivity contribution in [3.63, 3.8) is 0 Å². The van der Waals surface area contributed by atoms with Crippen LogP contribution in [0.5, 0.6) is 5.75 Å². The van der Waals surface area contributed by atoms with Gasteiger partial charge in [0, 0.05) is 31.4 Å². The van der Waals surface area contributed by atoms with Crippen molar-refractivity contribution in [2.45, 2.75) is 71.2 Å². The molecule has 2 aromatic rings. The zero-order valence-electron chi connectivity index (χ0n) is 19.8. The van der Waals surface area contributed by atoms with Crippen LogP contribution in [0.4, 0.5) is 0 Å². The lowest BCUT2D eigenvalue weighted by Gasteiger charge is -2.32. The van der Waals surface area contributed by atoms with E-state index in [1.54, 1.807) is 0 Å². The number of aliphatic hydroxyl groups excluding tert-OH is 1. The smallest absolute Gasteiger partial charge is 0.119 e. The van der Waals surface area contributed by atoms with Crippen molar-refractivity contribution >= 4 is 0 Å². The van der Waals surface area contributed by atoms with Crippen LogP contribution in [0.15, 0.2) is 30.3 Å². The van der Waals surface area contributed by atoms with Gasteiger partial charge in [0.15, 0.2) is 0 Å². The van der Waals surface area contributed by atoms with Gasteiger partial charge in [-0.05, 0) is 64.5 Å². The molecular weight excluding hydrogens is 388 g/mol. The van der Waals surface area contributed by atoms with E-state index in [9.17, 15) is 5.11 Å². The molecule has 0 radical (unpaired) electrons. The van der Waals surface area contributed by atoms with Gasteiger partial charge in [0.1, 0.15) is 18.5 Å². The van der Waals surface area contributed by atoms with Gasteiger partial charge in [-0.3, -0.25) is 4.68 Å². The summed E-state index contributed by atoms with van der Waals surface area (Å²) in [6.07, 6.45) is 6.00. The first-order chi connectivity index (χ1) is 14.9. The molecule has 6 heteroatoms. The van der Waals surface area contributed by atoms with E-state index in [1.807, 2.05) is 19.1 Å². The zero-order valence-corrected chi connectivity index (χ0v) is 19.8. The fourth-order valence-corrected chi connectivity index (χ4v) is 4.54. The topological polar surface area (TPSA) is 53.8 Å². The lowest BCUT2D eigenvalue weighted by molar-refractivity contribution is 0.0561. The summed E-state index contributed by atoms with van der Waals surface area (Å²) < 4.78 is 7.98. The van der Waals surface area contributed by atoms with Crippen LogP contribution in [-0.2, 0) is 13.1 Å². The number of likely N-dealkylation sites (N-methyl/N-ethyl adjacent to an activating group) is 2. The summed E-state index contributed by atoms with van der Waals surface area (Å²) in [7, 11) is 4.26. The molecule has 1 aliphatic rings. The number of aryl methyl sites for hydroxylation is 2. The van der Waals surface area contributed by atoms with Crippen molar-refractivity contribution in [1.82, 2.24) is 19.6 Å². The fraction of sp³-hybridized carbons (Fsp3) is 0.640. The Balaban J connectivity index is 1.42. The van der Waals surface area contributed by atoms with Crippen molar-refractivity contribution in [2.24, 2.45) is 0 Å². The minimum Gasteiger partial charge on any atom is -0.491 e. The number of hydrogen-bond donors (Lipinski definition) is 1. The molecule has 6 nitrogen and oxygen atoms in total. The van der Waals surface area contributed by atoms with Crippen LogP contribution in [0.1, 0.15) is 49.1 Å². The Bertz CT molecular complexity index is 801. The molecule has 1 fully saturated rings. The summed E-state index contributed by atoms with van der Waals surface area (Å²) in [5, 5.41) is 15.0. The molecule has 0 bridgehead atoms. The second-order valence-corrected chi connectivity index (χ2v) is 9.23. The van der Waals surface area contributed by atoms with E-state index in [0.717, 1.165) is 31.1 Å². The molecule has 1 aromatic carbocycles. The van der Waals surface area contributed by atoms with Gasteiger partial charge in [0.25, 0.3) is 0 Å². The second-order valence-electron chi connectivity index (χ2n) is 9.23. The Morgan fingerprint density at radius 2 is 1.94 bits per heavy atom. The van der Waals surface area contributed by atoms with Crippen LogP contribution in [0.25, 0.3) is 0 Å². The average Bonchev–Trinajstić information content (AvgIpc) is 3.08. The monoisotopic (exact) mass is 428 g/mol. The first kappa shape index (κ1) is 23.8. The van der Waals surface area contributed by atoms with Gasteiger partial charge in [-0.15, -0.1) is 0 Å². The number of benzene rings is 1. The molecule has 31 heavy (non-hydrogen) atoms. The summed E-state index contributed by atoms with van der Waals surface area (Å²) in [6, 6.07) is 10.9. The molecular formula is C25H40N4O2. The van der Waals surface area contributed by atoms with Crippen molar-refractivity contribution < 1.29 is 9.84 Å². The summed E-state index contributed by atoms with van der Waals surface area (Å²) in [6.45, 7) is 7.79.